The van der Waals surface area contributed by atoms with Crippen molar-refractivity contribution in [1.82, 2.24) is 4.90 Å². The molecule has 0 aliphatic rings. The predicted octanol–water partition coefficient (Wildman–Crippen LogP) is 2.65. The maximum Gasteiger partial charge on any atom is 0.222 e. The van der Waals surface area contributed by atoms with Gasteiger partial charge in [0.1, 0.15) is 0 Å². The molecule has 0 saturated carbocycles. The molecule has 3 heteroatoms. The van der Waals surface area contributed by atoms with Crippen LogP contribution in [0.4, 0.5) is 0 Å². The molecule has 0 N–H and O–H groups in total. The number of hydrogen-bond acceptors (Lipinski definition) is 1. The third-order valence-corrected chi connectivity index (χ3v) is 2.31. The maximum atomic E-state index is 11.4. The van der Waals surface area contributed by atoms with Crippen LogP contribution in [0.15, 0.2) is 0 Å². The summed E-state index contributed by atoms with van der Waals surface area (Å²) in [5.74, 6) is 0.907. The molecule has 0 atom stereocenters. The van der Waals surface area contributed by atoms with Crippen molar-refractivity contribution < 1.29 is 4.79 Å². The highest BCUT2D eigenvalue weighted by Gasteiger charge is 2.06. The Bertz CT molecular complexity index is 139. The SMILES string of the molecule is CCCCN(C)C(=O)CCCCCl. The van der Waals surface area contributed by atoms with E-state index in [0.717, 1.165) is 32.2 Å². The van der Waals surface area contributed by atoms with Crippen LogP contribution in [-0.2, 0) is 4.79 Å². The zero-order valence-electron chi connectivity index (χ0n) is 8.68. The van der Waals surface area contributed by atoms with Gasteiger partial charge in [-0.1, -0.05) is 13.3 Å². The first-order valence-electron chi connectivity index (χ1n) is 5.02. The molecule has 0 bridgehead atoms. The van der Waals surface area contributed by atoms with E-state index in [1.807, 2.05) is 11.9 Å². The van der Waals surface area contributed by atoms with Gasteiger partial charge in [-0.3, -0.25) is 4.79 Å². The van der Waals surface area contributed by atoms with Gasteiger partial charge in [-0.05, 0) is 19.3 Å². The molecule has 0 aliphatic carbocycles. The highest BCUT2D eigenvalue weighted by Crippen LogP contribution is 2.01. The number of amides is 1. The summed E-state index contributed by atoms with van der Waals surface area (Å²) < 4.78 is 0. The second kappa shape index (κ2) is 8.36. The molecule has 0 spiro atoms. The zero-order chi connectivity index (χ0) is 10.1. The number of rotatable bonds is 7. The number of nitrogens with zero attached hydrogens (tertiary/aromatic N) is 1. The number of carbonyl (C=O) groups is 1. The van der Waals surface area contributed by atoms with Crippen LogP contribution in [0.25, 0.3) is 0 Å². The van der Waals surface area contributed by atoms with Crippen LogP contribution in [0.2, 0.25) is 0 Å². The van der Waals surface area contributed by atoms with Gasteiger partial charge in [0, 0.05) is 25.9 Å². The fourth-order valence-corrected chi connectivity index (χ4v) is 1.27. The minimum Gasteiger partial charge on any atom is -0.346 e. The Morgan fingerprint density at radius 2 is 2.00 bits per heavy atom. The smallest absolute Gasteiger partial charge is 0.222 e. The maximum absolute atomic E-state index is 11.4. The number of carbonyl (C=O) groups excluding carboxylic acids is 1. The van der Waals surface area contributed by atoms with Gasteiger partial charge in [-0.2, -0.15) is 0 Å². The first-order valence-corrected chi connectivity index (χ1v) is 5.55. The van der Waals surface area contributed by atoms with E-state index in [0.29, 0.717) is 12.3 Å². The van der Waals surface area contributed by atoms with Crippen LogP contribution >= 0.6 is 11.6 Å². The Morgan fingerprint density at radius 3 is 2.54 bits per heavy atom. The van der Waals surface area contributed by atoms with Crippen molar-refractivity contribution in [3.63, 3.8) is 0 Å². The molecule has 1 amide bonds. The normalized spacial score (nSPS) is 10.1. The molecule has 0 heterocycles. The molecule has 0 fully saturated rings. The molecule has 0 aromatic heterocycles. The first-order chi connectivity index (χ1) is 6.22. The van der Waals surface area contributed by atoms with Crippen molar-refractivity contribution in [1.29, 1.82) is 0 Å². The molecule has 0 unspecified atom stereocenters. The van der Waals surface area contributed by atoms with Gasteiger partial charge in [0.2, 0.25) is 5.91 Å². The fourth-order valence-electron chi connectivity index (χ4n) is 1.08. The third-order valence-electron chi connectivity index (χ3n) is 2.05. The number of alkyl halides is 1. The lowest BCUT2D eigenvalue weighted by Crippen LogP contribution is -2.27. The Kier molecular flexibility index (Phi) is 8.21. The van der Waals surface area contributed by atoms with Gasteiger partial charge in [0.15, 0.2) is 0 Å². The lowest BCUT2D eigenvalue weighted by Gasteiger charge is -2.16. The molecule has 0 saturated heterocycles. The number of halogens is 1. The van der Waals surface area contributed by atoms with Crippen LogP contribution in [0.3, 0.4) is 0 Å². The minimum atomic E-state index is 0.249. The third kappa shape index (κ3) is 6.88. The Hall–Kier alpha value is -0.240. The molecule has 78 valence electrons. The zero-order valence-corrected chi connectivity index (χ0v) is 9.44. The molecule has 2 nitrogen and oxygen atoms in total. The number of hydrogen-bond donors (Lipinski definition) is 0. The molecular weight excluding hydrogens is 186 g/mol. The van der Waals surface area contributed by atoms with Gasteiger partial charge >= 0.3 is 0 Å². The molecular formula is C10H20ClNO. The van der Waals surface area contributed by atoms with Crippen LogP contribution < -0.4 is 0 Å². The van der Waals surface area contributed by atoms with Crippen molar-refractivity contribution in [3.05, 3.63) is 0 Å². The Balaban J connectivity index is 3.45. The summed E-state index contributed by atoms with van der Waals surface area (Å²) >= 11 is 5.52. The van der Waals surface area contributed by atoms with Crippen molar-refractivity contribution in [3.8, 4) is 0 Å². The van der Waals surface area contributed by atoms with E-state index < -0.39 is 0 Å². The average molecular weight is 206 g/mol. The molecule has 0 aromatic rings. The molecule has 0 aromatic carbocycles. The first kappa shape index (κ1) is 12.8. The van der Waals surface area contributed by atoms with Gasteiger partial charge in [0.05, 0.1) is 0 Å². The monoisotopic (exact) mass is 205 g/mol. The quantitative estimate of drug-likeness (QED) is 0.462. The Morgan fingerprint density at radius 1 is 1.31 bits per heavy atom. The average Bonchev–Trinajstić information content (AvgIpc) is 2.14. The molecule has 0 aliphatic heterocycles. The fraction of sp³-hybridized carbons (Fsp3) is 0.900. The lowest BCUT2D eigenvalue weighted by atomic mass is 10.2. The van der Waals surface area contributed by atoms with Crippen molar-refractivity contribution in [2.24, 2.45) is 0 Å². The summed E-state index contributed by atoms with van der Waals surface area (Å²) in [5, 5.41) is 0. The van der Waals surface area contributed by atoms with Crippen LogP contribution in [0.5, 0.6) is 0 Å². The Labute approximate surface area is 86.2 Å². The van der Waals surface area contributed by atoms with E-state index in [1.54, 1.807) is 0 Å². The van der Waals surface area contributed by atoms with Crippen molar-refractivity contribution in [2.75, 3.05) is 19.5 Å². The summed E-state index contributed by atoms with van der Waals surface area (Å²) in [4.78, 5) is 13.2. The van der Waals surface area contributed by atoms with Crippen LogP contribution in [0.1, 0.15) is 39.0 Å². The highest BCUT2D eigenvalue weighted by atomic mass is 35.5. The summed E-state index contributed by atoms with van der Waals surface area (Å²) in [6, 6.07) is 0. The molecule has 13 heavy (non-hydrogen) atoms. The van der Waals surface area contributed by atoms with Crippen molar-refractivity contribution >= 4 is 17.5 Å². The van der Waals surface area contributed by atoms with Gasteiger partial charge < -0.3 is 4.90 Å². The predicted molar refractivity (Wildman–Crippen MR) is 57.1 cm³/mol. The van der Waals surface area contributed by atoms with Crippen LogP contribution in [0, 0.1) is 0 Å². The molecule has 0 rings (SSSR count). The van der Waals surface area contributed by atoms with E-state index >= 15 is 0 Å². The van der Waals surface area contributed by atoms with Gasteiger partial charge in [-0.15, -0.1) is 11.6 Å². The van der Waals surface area contributed by atoms with E-state index in [1.165, 1.54) is 0 Å². The van der Waals surface area contributed by atoms with E-state index in [4.69, 9.17) is 11.6 Å². The second-order valence-corrected chi connectivity index (χ2v) is 3.69. The summed E-state index contributed by atoms with van der Waals surface area (Å²) in [7, 11) is 1.87. The highest BCUT2D eigenvalue weighted by molar-refractivity contribution is 6.17. The summed E-state index contributed by atoms with van der Waals surface area (Å²) in [6.07, 6.45) is 4.73. The minimum absolute atomic E-state index is 0.249. The van der Waals surface area contributed by atoms with E-state index in [-0.39, 0.29) is 5.91 Å². The van der Waals surface area contributed by atoms with E-state index in [2.05, 4.69) is 6.92 Å². The standard InChI is InChI=1S/C10H20ClNO/c1-3-4-9-12(2)10(13)7-5-6-8-11/h3-9H2,1-2H3. The second-order valence-electron chi connectivity index (χ2n) is 3.31. The largest absolute Gasteiger partial charge is 0.346 e. The topological polar surface area (TPSA) is 20.3 Å². The van der Waals surface area contributed by atoms with Gasteiger partial charge in [-0.25, -0.2) is 0 Å². The number of unbranched alkanes of at least 4 members (excludes halogenated alkanes) is 2. The summed E-state index contributed by atoms with van der Waals surface area (Å²) in [5.41, 5.74) is 0. The van der Waals surface area contributed by atoms with E-state index in [9.17, 15) is 4.79 Å². The summed E-state index contributed by atoms with van der Waals surface area (Å²) in [6.45, 7) is 3.02. The van der Waals surface area contributed by atoms with Gasteiger partial charge in [0.25, 0.3) is 0 Å². The molecule has 0 radical (unpaired) electrons. The lowest BCUT2D eigenvalue weighted by molar-refractivity contribution is -0.130. The van der Waals surface area contributed by atoms with Crippen molar-refractivity contribution in [2.45, 2.75) is 39.0 Å². The van der Waals surface area contributed by atoms with Crippen LogP contribution in [-0.4, -0.2) is 30.3 Å².